The van der Waals surface area contributed by atoms with Crippen molar-refractivity contribution in [3.05, 3.63) is 58.6 Å². The molecule has 0 amide bonds. The highest BCUT2D eigenvalue weighted by molar-refractivity contribution is 7.92. The lowest BCUT2D eigenvalue weighted by Crippen LogP contribution is -2.13. The summed E-state index contributed by atoms with van der Waals surface area (Å²) in [6.45, 7) is 0. The normalized spacial score (nSPS) is 14.1. The average Bonchev–Trinajstić information content (AvgIpc) is 2.86. The second kappa shape index (κ2) is 5.11. The zero-order valence-corrected chi connectivity index (χ0v) is 12.3. The molecular weight excluding hydrogens is 294 g/mol. The molecule has 1 aliphatic carbocycles. The van der Waals surface area contributed by atoms with Crippen molar-refractivity contribution in [3.63, 3.8) is 0 Å². The molecule has 0 fully saturated rings. The summed E-state index contributed by atoms with van der Waals surface area (Å²) in [5, 5.41) is 0.515. The van der Waals surface area contributed by atoms with Gasteiger partial charge in [-0.05, 0) is 66.8 Å². The Labute approximate surface area is 123 Å². The monoisotopic (exact) mass is 307 g/mol. The first-order chi connectivity index (χ1) is 9.54. The van der Waals surface area contributed by atoms with Gasteiger partial charge in [-0.1, -0.05) is 17.7 Å². The van der Waals surface area contributed by atoms with E-state index < -0.39 is 10.0 Å². The van der Waals surface area contributed by atoms with Crippen molar-refractivity contribution in [2.75, 3.05) is 4.72 Å². The van der Waals surface area contributed by atoms with E-state index in [-0.39, 0.29) is 4.90 Å². The molecule has 0 unspecified atom stereocenters. The van der Waals surface area contributed by atoms with Crippen LogP contribution in [0.25, 0.3) is 0 Å². The predicted molar refractivity (Wildman–Crippen MR) is 80.7 cm³/mol. The first kappa shape index (κ1) is 13.5. The number of sulfonamides is 1. The van der Waals surface area contributed by atoms with E-state index in [0.29, 0.717) is 10.7 Å². The zero-order chi connectivity index (χ0) is 14.2. The number of aryl methyl sites for hydroxylation is 2. The van der Waals surface area contributed by atoms with Crippen LogP contribution in [0.15, 0.2) is 47.4 Å². The number of halogens is 1. The summed E-state index contributed by atoms with van der Waals surface area (Å²) in [4.78, 5) is 0.211. The first-order valence-electron chi connectivity index (χ1n) is 6.45. The standard InChI is InChI=1S/C15H14ClNO2S/c16-13-5-8-15(9-6-13)20(18,19)17-14-7-4-11-2-1-3-12(11)10-14/h4-10,17H,1-3H2. The molecule has 0 aliphatic heterocycles. The zero-order valence-electron chi connectivity index (χ0n) is 10.8. The summed E-state index contributed by atoms with van der Waals surface area (Å²) < 4.78 is 27.1. The Morgan fingerprint density at radius 1 is 0.950 bits per heavy atom. The van der Waals surface area contributed by atoms with Crippen LogP contribution in [0.5, 0.6) is 0 Å². The molecule has 1 aliphatic rings. The fourth-order valence-corrected chi connectivity index (χ4v) is 3.64. The molecule has 0 aromatic heterocycles. The summed E-state index contributed by atoms with van der Waals surface area (Å²) in [5.41, 5.74) is 3.17. The maximum Gasteiger partial charge on any atom is 0.261 e. The number of hydrogen-bond donors (Lipinski definition) is 1. The number of benzene rings is 2. The quantitative estimate of drug-likeness (QED) is 0.941. The van der Waals surface area contributed by atoms with Crippen LogP contribution >= 0.6 is 11.6 Å². The van der Waals surface area contributed by atoms with Crippen molar-refractivity contribution in [3.8, 4) is 0 Å². The van der Waals surface area contributed by atoms with Gasteiger partial charge in [0.15, 0.2) is 0 Å². The summed E-state index contributed by atoms with van der Waals surface area (Å²) in [5.74, 6) is 0. The van der Waals surface area contributed by atoms with Gasteiger partial charge in [0.1, 0.15) is 0 Å². The highest BCUT2D eigenvalue weighted by atomic mass is 35.5. The third kappa shape index (κ3) is 2.67. The van der Waals surface area contributed by atoms with E-state index in [9.17, 15) is 8.42 Å². The van der Waals surface area contributed by atoms with Gasteiger partial charge in [-0.15, -0.1) is 0 Å². The van der Waals surface area contributed by atoms with E-state index in [0.717, 1.165) is 19.3 Å². The Hall–Kier alpha value is -1.52. The van der Waals surface area contributed by atoms with Crippen molar-refractivity contribution in [2.24, 2.45) is 0 Å². The molecule has 0 spiro atoms. The largest absolute Gasteiger partial charge is 0.280 e. The van der Waals surface area contributed by atoms with Gasteiger partial charge < -0.3 is 0 Å². The Bertz CT molecular complexity index is 739. The second-order valence-electron chi connectivity index (χ2n) is 4.90. The Balaban J connectivity index is 1.88. The van der Waals surface area contributed by atoms with Crippen LogP contribution in [-0.2, 0) is 22.9 Å². The molecule has 1 N–H and O–H groups in total. The van der Waals surface area contributed by atoms with Gasteiger partial charge in [-0.2, -0.15) is 0 Å². The maximum atomic E-state index is 12.3. The van der Waals surface area contributed by atoms with Gasteiger partial charge in [-0.3, -0.25) is 4.72 Å². The fourth-order valence-electron chi connectivity index (χ4n) is 2.46. The molecule has 0 atom stereocenters. The van der Waals surface area contributed by atoms with Crippen LogP contribution in [0.1, 0.15) is 17.5 Å². The third-order valence-electron chi connectivity index (χ3n) is 3.47. The Morgan fingerprint density at radius 3 is 2.40 bits per heavy atom. The molecule has 0 bridgehead atoms. The van der Waals surface area contributed by atoms with Gasteiger partial charge >= 0.3 is 0 Å². The highest BCUT2D eigenvalue weighted by Crippen LogP contribution is 2.26. The van der Waals surface area contributed by atoms with Crippen molar-refractivity contribution < 1.29 is 8.42 Å². The first-order valence-corrected chi connectivity index (χ1v) is 8.31. The third-order valence-corrected chi connectivity index (χ3v) is 5.12. The number of rotatable bonds is 3. The summed E-state index contributed by atoms with van der Waals surface area (Å²) in [7, 11) is -3.56. The lowest BCUT2D eigenvalue weighted by atomic mass is 10.1. The van der Waals surface area contributed by atoms with E-state index in [1.807, 2.05) is 18.2 Å². The highest BCUT2D eigenvalue weighted by Gasteiger charge is 2.16. The van der Waals surface area contributed by atoms with Gasteiger partial charge in [0.2, 0.25) is 0 Å². The van der Waals surface area contributed by atoms with Gasteiger partial charge in [0, 0.05) is 10.7 Å². The average molecular weight is 308 g/mol. The van der Waals surface area contributed by atoms with Crippen molar-refractivity contribution in [2.45, 2.75) is 24.2 Å². The van der Waals surface area contributed by atoms with Crippen molar-refractivity contribution in [1.82, 2.24) is 0 Å². The number of hydrogen-bond acceptors (Lipinski definition) is 2. The van der Waals surface area contributed by atoms with E-state index >= 15 is 0 Å². The SMILES string of the molecule is O=S(=O)(Nc1ccc2c(c1)CCC2)c1ccc(Cl)cc1. The molecule has 2 aromatic rings. The minimum Gasteiger partial charge on any atom is -0.280 e. The van der Waals surface area contributed by atoms with Crippen LogP contribution in [0, 0.1) is 0 Å². The molecule has 3 rings (SSSR count). The Morgan fingerprint density at radius 2 is 1.65 bits per heavy atom. The molecule has 0 heterocycles. The molecular formula is C15H14ClNO2S. The van der Waals surface area contributed by atoms with Crippen molar-refractivity contribution in [1.29, 1.82) is 0 Å². The van der Waals surface area contributed by atoms with Crippen LogP contribution in [-0.4, -0.2) is 8.42 Å². The number of nitrogens with one attached hydrogen (secondary N) is 1. The minimum atomic E-state index is -3.56. The number of anilines is 1. The summed E-state index contributed by atoms with van der Waals surface area (Å²) in [6, 6.07) is 11.9. The molecule has 5 heteroatoms. The predicted octanol–water partition coefficient (Wildman–Crippen LogP) is 3.63. The topological polar surface area (TPSA) is 46.2 Å². The summed E-state index contributed by atoms with van der Waals surface area (Å²) in [6.07, 6.45) is 3.24. The minimum absolute atomic E-state index is 0.211. The molecule has 2 aromatic carbocycles. The van der Waals surface area contributed by atoms with E-state index in [1.54, 1.807) is 12.1 Å². The molecule has 0 saturated carbocycles. The van der Waals surface area contributed by atoms with E-state index in [2.05, 4.69) is 4.72 Å². The van der Waals surface area contributed by atoms with Gasteiger partial charge in [0.05, 0.1) is 4.90 Å². The van der Waals surface area contributed by atoms with E-state index in [4.69, 9.17) is 11.6 Å². The lowest BCUT2D eigenvalue weighted by molar-refractivity contribution is 0.601. The second-order valence-corrected chi connectivity index (χ2v) is 7.02. The van der Waals surface area contributed by atoms with Crippen LogP contribution in [0.3, 0.4) is 0 Å². The van der Waals surface area contributed by atoms with Crippen LogP contribution in [0.4, 0.5) is 5.69 Å². The maximum absolute atomic E-state index is 12.3. The van der Waals surface area contributed by atoms with Gasteiger partial charge in [0.25, 0.3) is 10.0 Å². The summed E-state index contributed by atoms with van der Waals surface area (Å²) >= 11 is 5.77. The van der Waals surface area contributed by atoms with E-state index in [1.165, 1.54) is 23.3 Å². The lowest BCUT2D eigenvalue weighted by Gasteiger charge is -2.09. The molecule has 104 valence electrons. The molecule has 3 nitrogen and oxygen atoms in total. The van der Waals surface area contributed by atoms with Crippen LogP contribution < -0.4 is 4.72 Å². The molecule has 0 saturated heterocycles. The smallest absolute Gasteiger partial charge is 0.261 e. The molecule has 0 radical (unpaired) electrons. The molecule has 20 heavy (non-hydrogen) atoms. The van der Waals surface area contributed by atoms with Crippen LogP contribution in [0.2, 0.25) is 5.02 Å². The van der Waals surface area contributed by atoms with Crippen molar-refractivity contribution >= 4 is 27.3 Å². The number of fused-ring (bicyclic) bond motifs is 1. The Kier molecular flexibility index (Phi) is 3.44. The van der Waals surface area contributed by atoms with Gasteiger partial charge in [-0.25, -0.2) is 8.42 Å². The fraction of sp³-hybridized carbons (Fsp3) is 0.200.